The molecule has 0 radical (unpaired) electrons. The molecule has 0 bridgehead atoms. The average molecular weight is 216 g/mol. The Morgan fingerprint density at radius 3 is 1.27 bits per heavy atom. The van der Waals surface area contributed by atoms with Crippen molar-refractivity contribution in [2.45, 2.75) is 0 Å². The van der Waals surface area contributed by atoms with Crippen LogP contribution in [0.25, 0.3) is 0 Å². The van der Waals surface area contributed by atoms with Gasteiger partial charge in [0.15, 0.2) is 17.9 Å². The van der Waals surface area contributed by atoms with E-state index in [0.29, 0.717) is 5.96 Å². The van der Waals surface area contributed by atoms with Crippen LogP contribution in [0.2, 0.25) is 0 Å². The van der Waals surface area contributed by atoms with Gasteiger partial charge in [-0.15, -0.1) is 0 Å². The minimum absolute atomic E-state index is 0.262. The summed E-state index contributed by atoms with van der Waals surface area (Å²) in [4.78, 5) is 10.8. The van der Waals surface area contributed by atoms with Gasteiger partial charge in [-0.05, 0) is 0 Å². The van der Waals surface area contributed by atoms with Gasteiger partial charge in [-0.2, -0.15) is 0 Å². The molecule has 0 heterocycles. The van der Waals surface area contributed by atoms with E-state index < -0.39 is 0 Å². The summed E-state index contributed by atoms with van der Waals surface area (Å²) in [7, 11) is 6.48. The fourth-order valence-electron chi connectivity index (χ4n) is 0.355. The first kappa shape index (κ1) is 15.5. The molecule has 8 nitrogen and oxygen atoms in total. The summed E-state index contributed by atoms with van der Waals surface area (Å²) in [5.41, 5.74) is 15.6. The molecule has 0 aliphatic rings. The maximum atomic E-state index is 5.23. The second-order valence-corrected chi connectivity index (χ2v) is 2.20. The van der Waals surface area contributed by atoms with Gasteiger partial charge in [-0.3, -0.25) is 20.3 Å². The summed E-state index contributed by atoms with van der Waals surface area (Å²) in [5.74, 6) is 0.992. The molecule has 0 saturated heterocycles. The number of rotatable bonds is 0. The van der Waals surface area contributed by atoms with Crippen molar-refractivity contribution in [3.8, 4) is 0 Å². The van der Waals surface area contributed by atoms with Gasteiger partial charge in [0.2, 0.25) is 0 Å². The van der Waals surface area contributed by atoms with Crippen molar-refractivity contribution in [1.29, 1.82) is 0 Å². The lowest BCUT2D eigenvalue weighted by Crippen LogP contribution is -2.41. The fourth-order valence-corrected chi connectivity index (χ4v) is 0.355. The summed E-state index contributed by atoms with van der Waals surface area (Å²) in [6.07, 6.45) is 0. The summed E-state index contributed by atoms with van der Waals surface area (Å²) >= 11 is 0. The average Bonchev–Trinajstić information content (AvgIpc) is 2.28. The van der Waals surface area contributed by atoms with Gasteiger partial charge in [0, 0.05) is 28.2 Å². The highest BCUT2D eigenvalue weighted by Gasteiger charge is 1.88. The lowest BCUT2D eigenvalue weighted by atomic mass is 10.8. The van der Waals surface area contributed by atoms with Crippen molar-refractivity contribution in [1.82, 2.24) is 10.6 Å². The molecule has 0 unspecified atom stereocenters. The zero-order chi connectivity index (χ0) is 12.3. The Labute approximate surface area is 89.7 Å². The zero-order valence-corrected chi connectivity index (χ0v) is 9.57. The Hall–Kier alpha value is -1.99. The highest BCUT2D eigenvalue weighted by atomic mass is 15.2. The smallest absolute Gasteiger partial charge is 0.195 e. The maximum Gasteiger partial charge on any atom is 0.195 e. The molecule has 0 aromatic carbocycles. The molecule has 0 aliphatic carbocycles. The molecule has 0 amide bonds. The second kappa shape index (κ2) is 10.1. The third kappa shape index (κ3) is 12.0. The molecule has 0 atom stereocenters. The van der Waals surface area contributed by atoms with Gasteiger partial charge in [-0.25, -0.2) is 0 Å². The molecule has 88 valence electrons. The Morgan fingerprint density at radius 2 is 1.13 bits per heavy atom. The standard InChI is InChI=1S/C4H11N5.C3H9N3/c1-7-3(5)9-4(6)8-2;1-5-3(4)6-2/h1-2H3,(H5,5,6,7,8,9);1-2H3,(H3,4,5,6). The summed E-state index contributed by atoms with van der Waals surface area (Å²) in [6.45, 7) is 0. The normalized spacial score (nSPS) is 12.7. The lowest BCUT2D eigenvalue weighted by Gasteiger charge is -2.00. The van der Waals surface area contributed by atoms with E-state index in [9.17, 15) is 0 Å². The van der Waals surface area contributed by atoms with Crippen LogP contribution >= 0.6 is 0 Å². The molecule has 8 heteroatoms. The molecule has 0 aliphatic heterocycles. The van der Waals surface area contributed by atoms with Crippen molar-refractivity contribution in [2.75, 3.05) is 28.2 Å². The molecule has 0 rings (SSSR count). The van der Waals surface area contributed by atoms with Crippen LogP contribution in [0.4, 0.5) is 0 Å². The zero-order valence-electron chi connectivity index (χ0n) is 9.57. The van der Waals surface area contributed by atoms with E-state index in [0.717, 1.165) is 0 Å². The van der Waals surface area contributed by atoms with Crippen LogP contribution in [0.1, 0.15) is 0 Å². The Balaban J connectivity index is 0. The van der Waals surface area contributed by atoms with E-state index in [2.05, 4.69) is 25.6 Å². The Morgan fingerprint density at radius 1 is 0.800 bits per heavy atom. The lowest BCUT2D eigenvalue weighted by molar-refractivity contribution is 1.12. The largest absolute Gasteiger partial charge is 0.370 e. The molecule has 0 spiro atoms. The first-order chi connectivity index (χ1) is 7.01. The summed E-state index contributed by atoms with van der Waals surface area (Å²) < 4.78 is 0. The van der Waals surface area contributed by atoms with Gasteiger partial charge in [0.1, 0.15) is 0 Å². The molecule has 0 aromatic rings. The predicted octanol–water partition coefficient (Wildman–Crippen LogP) is -2.38. The monoisotopic (exact) mass is 216 g/mol. The number of hydrogen-bond acceptors (Lipinski definition) is 3. The minimum Gasteiger partial charge on any atom is -0.370 e. The van der Waals surface area contributed by atoms with Crippen LogP contribution in [0, 0.1) is 0 Å². The van der Waals surface area contributed by atoms with Gasteiger partial charge in [0.25, 0.3) is 0 Å². The van der Waals surface area contributed by atoms with Crippen LogP contribution in [0.15, 0.2) is 15.0 Å². The molecular formula is C7H20N8. The predicted molar refractivity (Wildman–Crippen MR) is 64.8 cm³/mol. The van der Waals surface area contributed by atoms with E-state index in [1.165, 1.54) is 0 Å². The number of nitrogens with zero attached hydrogens (tertiary/aromatic N) is 3. The third-order valence-corrected chi connectivity index (χ3v) is 1.23. The number of guanidine groups is 3. The topological polar surface area (TPSA) is 139 Å². The molecule has 0 aromatic heterocycles. The molecule has 15 heavy (non-hydrogen) atoms. The molecule has 0 fully saturated rings. The number of nitrogens with two attached hydrogens (primary N) is 3. The van der Waals surface area contributed by atoms with Gasteiger partial charge >= 0.3 is 0 Å². The minimum atomic E-state index is 0.262. The maximum absolute atomic E-state index is 5.23. The first-order valence-corrected chi connectivity index (χ1v) is 4.13. The van der Waals surface area contributed by atoms with Gasteiger partial charge < -0.3 is 22.5 Å². The number of nitrogens with one attached hydrogen (secondary N) is 2. The van der Waals surface area contributed by atoms with Crippen molar-refractivity contribution in [2.24, 2.45) is 32.2 Å². The summed E-state index contributed by atoms with van der Waals surface area (Å²) in [5, 5.41) is 5.18. The molecular weight excluding hydrogens is 196 g/mol. The summed E-state index contributed by atoms with van der Waals surface area (Å²) in [6, 6.07) is 0. The first-order valence-electron chi connectivity index (χ1n) is 4.13. The van der Waals surface area contributed by atoms with E-state index in [1.807, 2.05) is 0 Å². The number of hydrogen-bond donors (Lipinski definition) is 5. The third-order valence-electron chi connectivity index (χ3n) is 1.23. The van der Waals surface area contributed by atoms with Crippen molar-refractivity contribution in [3.63, 3.8) is 0 Å². The Kier molecular flexibility index (Phi) is 10.4. The van der Waals surface area contributed by atoms with Crippen LogP contribution in [0.5, 0.6) is 0 Å². The highest BCUT2D eigenvalue weighted by molar-refractivity contribution is 5.96. The fraction of sp³-hybridized carbons (Fsp3) is 0.571. The van der Waals surface area contributed by atoms with Crippen molar-refractivity contribution >= 4 is 17.9 Å². The van der Waals surface area contributed by atoms with E-state index >= 15 is 0 Å². The van der Waals surface area contributed by atoms with Crippen LogP contribution < -0.4 is 27.8 Å². The second-order valence-electron chi connectivity index (χ2n) is 2.20. The van der Waals surface area contributed by atoms with Gasteiger partial charge in [0.05, 0.1) is 0 Å². The van der Waals surface area contributed by atoms with Crippen molar-refractivity contribution < 1.29 is 0 Å². The van der Waals surface area contributed by atoms with E-state index in [1.54, 1.807) is 28.2 Å². The highest BCUT2D eigenvalue weighted by Crippen LogP contribution is 1.58. The van der Waals surface area contributed by atoms with Crippen LogP contribution in [-0.2, 0) is 0 Å². The SMILES string of the molecule is CN=C(N)NC.CN=C(N)NC(N)=NC. The van der Waals surface area contributed by atoms with Gasteiger partial charge in [-0.1, -0.05) is 0 Å². The Bertz CT molecular complexity index is 225. The quantitative estimate of drug-likeness (QED) is 0.227. The van der Waals surface area contributed by atoms with Crippen LogP contribution in [0.3, 0.4) is 0 Å². The van der Waals surface area contributed by atoms with Crippen molar-refractivity contribution in [3.05, 3.63) is 0 Å². The van der Waals surface area contributed by atoms with E-state index in [4.69, 9.17) is 17.2 Å². The molecule has 8 N–H and O–H groups in total. The number of aliphatic imine (C=N–C) groups is 3. The van der Waals surface area contributed by atoms with E-state index in [-0.39, 0.29) is 11.9 Å². The molecule has 0 saturated carbocycles. The van der Waals surface area contributed by atoms with Crippen LogP contribution in [-0.4, -0.2) is 46.1 Å².